The lowest BCUT2D eigenvalue weighted by molar-refractivity contribution is -0.149. The number of rotatable bonds is 6. The molecule has 0 aromatic heterocycles. The van der Waals surface area contributed by atoms with Crippen LogP contribution in [0, 0.1) is 6.92 Å². The van der Waals surface area contributed by atoms with Gasteiger partial charge in [-0.2, -0.15) is 0 Å². The molecule has 2 aromatic carbocycles. The standard InChI is InChI=1S/C21H25NO4/c1-15-9-11-16(12-10-15)22-19(23)13-26-20(24)14-25-18-8-6-5-7-17(18)21(2,3)4/h5-12H,13-14H2,1-4H3,(H,22,23). The Balaban J connectivity index is 1.81. The lowest BCUT2D eigenvalue weighted by atomic mass is 9.86. The average molecular weight is 355 g/mol. The fourth-order valence-corrected chi connectivity index (χ4v) is 2.37. The summed E-state index contributed by atoms with van der Waals surface area (Å²) >= 11 is 0. The number of para-hydroxylation sites is 1. The molecule has 0 unspecified atom stereocenters. The molecule has 0 spiro atoms. The number of aryl methyl sites for hydroxylation is 1. The van der Waals surface area contributed by atoms with Crippen molar-refractivity contribution in [2.24, 2.45) is 0 Å². The number of carbonyl (C=O) groups excluding carboxylic acids is 2. The summed E-state index contributed by atoms with van der Waals surface area (Å²) in [5, 5.41) is 2.67. The van der Waals surface area contributed by atoms with Crippen LogP contribution in [0.1, 0.15) is 31.9 Å². The van der Waals surface area contributed by atoms with Gasteiger partial charge < -0.3 is 14.8 Å². The molecule has 0 fully saturated rings. The molecule has 0 saturated heterocycles. The molecule has 0 atom stereocenters. The van der Waals surface area contributed by atoms with E-state index in [1.54, 1.807) is 12.1 Å². The van der Waals surface area contributed by atoms with Gasteiger partial charge in [-0.15, -0.1) is 0 Å². The van der Waals surface area contributed by atoms with E-state index in [4.69, 9.17) is 9.47 Å². The van der Waals surface area contributed by atoms with Gasteiger partial charge in [0, 0.05) is 5.69 Å². The molecule has 0 saturated carbocycles. The van der Waals surface area contributed by atoms with Gasteiger partial charge in [0.2, 0.25) is 0 Å². The zero-order valence-electron chi connectivity index (χ0n) is 15.7. The van der Waals surface area contributed by atoms with Crippen LogP contribution in [-0.2, 0) is 19.7 Å². The third kappa shape index (κ3) is 5.92. The predicted octanol–water partition coefficient (Wildman–Crippen LogP) is 3.85. The van der Waals surface area contributed by atoms with Crippen LogP contribution in [0.25, 0.3) is 0 Å². The minimum Gasteiger partial charge on any atom is -0.482 e. The van der Waals surface area contributed by atoms with Gasteiger partial charge in [-0.3, -0.25) is 4.79 Å². The van der Waals surface area contributed by atoms with E-state index in [0.717, 1.165) is 11.1 Å². The highest BCUT2D eigenvalue weighted by molar-refractivity contribution is 5.92. The van der Waals surface area contributed by atoms with Gasteiger partial charge >= 0.3 is 5.97 Å². The predicted molar refractivity (Wildman–Crippen MR) is 101 cm³/mol. The van der Waals surface area contributed by atoms with E-state index in [9.17, 15) is 9.59 Å². The minimum atomic E-state index is -0.590. The molecule has 5 heteroatoms. The number of esters is 1. The summed E-state index contributed by atoms with van der Waals surface area (Å²) in [5.41, 5.74) is 2.66. The highest BCUT2D eigenvalue weighted by Gasteiger charge is 2.19. The van der Waals surface area contributed by atoms with Crippen molar-refractivity contribution in [2.75, 3.05) is 18.5 Å². The molecular weight excluding hydrogens is 330 g/mol. The van der Waals surface area contributed by atoms with Crippen molar-refractivity contribution in [3.05, 3.63) is 59.7 Å². The normalized spacial score (nSPS) is 10.9. The van der Waals surface area contributed by atoms with E-state index in [0.29, 0.717) is 11.4 Å². The third-order valence-corrected chi connectivity index (χ3v) is 3.74. The van der Waals surface area contributed by atoms with Crippen LogP contribution in [0.3, 0.4) is 0 Å². The molecule has 0 aliphatic rings. The fourth-order valence-electron chi connectivity index (χ4n) is 2.37. The maximum absolute atomic E-state index is 11.9. The number of nitrogens with one attached hydrogen (secondary N) is 1. The molecule has 1 amide bonds. The Hall–Kier alpha value is -2.82. The van der Waals surface area contributed by atoms with Gasteiger partial charge in [-0.05, 0) is 36.1 Å². The lowest BCUT2D eigenvalue weighted by Gasteiger charge is -2.22. The summed E-state index contributed by atoms with van der Waals surface area (Å²) in [7, 11) is 0. The molecule has 0 aliphatic carbocycles. The molecular formula is C21H25NO4. The number of ether oxygens (including phenoxy) is 2. The first-order valence-electron chi connectivity index (χ1n) is 8.50. The molecule has 26 heavy (non-hydrogen) atoms. The van der Waals surface area contributed by atoms with Crippen LogP contribution in [-0.4, -0.2) is 25.1 Å². The van der Waals surface area contributed by atoms with Crippen molar-refractivity contribution in [3.8, 4) is 5.75 Å². The van der Waals surface area contributed by atoms with Crippen LogP contribution in [0.5, 0.6) is 5.75 Å². The topological polar surface area (TPSA) is 64.6 Å². The Bertz CT molecular complexity index is 760. The maximum Gasteiger partial charge on any atom is 0.344 e. The number of hydrogen-bond donors (Lipinski definition) is 1. The molecule has 2 aromatic rings. The Morgan fingerprint density at radius 2 is 1.62 bits per heavy atom. The first-order chi connectivity index (χ1) is 12.3. The van der Waals surface area contributed by atoms with E-state index in [1.807, 2.05) is 43.3 Å². The monoisotopic (exact) mass is 355 g/mol. The second-order valence-corrected chi connectivity index (χ2v) is 7.11. The molecule has 0 bridgehead atoms. The second kappa shape index (κ2) is 8.52. The summed E-state index contributed by atoms with van der Waals surface area (Å²) in [6.07, 6.45) is 0. The Morgan fingerprint density at radius 1 is 0.962 bits per heavy atom. The van der Waals surface area contributed by atoms with Crippen molar-refractivity contribution < 1.29 is 19.1 Å². The number of anilines is 1. The Kier molecular flexibility index (Phi) is 6.39. The summed E-state index contributed by atoms with van der Waals surface area (Å²) in [6, 6.07) is 14.9. The van der Waals surface area contributed by atoms with Crippen molar-refractivity contribution >= 4 is 17.6 Å². The number of carbonyl (C=O) groups is 2. The zero-order valence-corrected chi connectivity index (χ0v) is 15.7. The first kappa shape index (κ1) is 19.5. The Morgan fingerprint density at radius 3 is 2.27 bits per heavy atom. The minimum absolute atomic E-state index is 0.103. The second-order valence-electron chi connectivity index (χ2n) is 7.11. The molecule has 1 N–H and O–H groups in total. The molecule has 5 nitrogen and oxygen atoms in total. The third-order valence-electron chi connectivity index (χ3n) is 3.74. The average Bonchev–Trinajstić information content (AvgIpc) is 2.59. The Labute approximate surface area is 154 Å². The van der Waals surface area contributed by atoms with Gasteiger partial charge in [-0.25, -0.2) is 4.79 Å². The van der Waals surface area contributed by atoms with Crippen LogP contribution in [0.4, 0.5) is 5.69 Å². The van der Waals surface area contributed by atoms with Gasteiger partial charge in [0.1, 0.15) is 5.75 Å². The highest BCUT2D eigenvalue weighted by Crippen LogP contribution is 2.30. The van der Waals surface area contributed by atoms with Crippen LogP contribution in [0.15, 0.2) is 48.5 Å². The van der Waals surface area contributed by atoms with Crippen molar-refractivity contribution in [1.82, 2.24) is 0 Å². The van der Waals surface area contributed by atoms with E-state index >= 15 is 0 Å². The largest absolute Gasteiger partial charge is 0.482 e. The van der Waals surface area contributed by atoms with Crippen molar-refractivity contribution in [3.63, 3.8) is 0 Å². The van der Waals surface area contributed by atoms with Gasteiger partial charge in [0.25, 0.3) is 5.91 Å². The smallest absolute Gasteiger partial charge is 0.344 e. The molecule has 0 radical (unpaired) electrons. The number of benzene rings is 2. The highest BCUT2D eigenvalue weighted by atomic mass is 16.6. The summed E-state index contributed by atoms with van der Waals surface area (Å²) < 4.78 is 10.6. The van der Waals surface area contributed by atoms with E-state index < -0.39 is 11.9 Å². The van der Waals surface area contributed by atoms with Crippen molar-refractivity contribution in [1.29, 1.82) is 0 Å². The lowest BCUT2D eigenvalue weighted by Crippen LogP contribution is -2.24. The number of amides is 1. The van der Waals surface area contributed by atoms with Crippen LogP contribution < -0.4 is 10.1 Å². The molecule has 0 aliphatic heterocycles. The van der Waals surface area contributed by atoms with E-state index in [-0.39, 0.29) is 18.6 Å². The fraction of sp³-hybridized carbons (Fsp3) is 0.333. The summed E-state index contributed by atoms with van der Waals surface area (Å²) in [5.74, 6) is -0.342. The van der Waals surface area contributed by atoms with Gasteiger partial charge in [0.15, 0.2) is 13.2 Å². The van der Waals surface area contributed by atoms with Crippen LogP contribution in [0.2, 0.25) is 0 Å². The van der Waals surface area contributed by atoms with Gasteiger partial charge in [0.05, 0.1) is 0 Å². The van der Waals surface area contributed by atoms with Gasteiger partial charge in [-0.1, -0.05) is 56.7 Å². The van der Waals surface area contributed by atoms with Crippen molar-refractivity contribution in [2.45, 2.75) is 33.1 Å². The SMILES string of the molecule is Cc1ccc(NC(=O)COC(=O)COc2ccccc2C(C)(C)C)cc1. The maximum atomic E-state index is 11.9. The van der Waals surface area contributed by atoms with Crippen LogP contribution >= 0.6 is 0 Å². The number of hydrogen-bond acceptors (Lipinski definition) is 4. The molecule has 2 rings (SSSR count). The zero-order chi connectivity index (χ0) is 19.2. The quantitative estimate of drug-likeness (QED) is 0.799. The summed E-state index contributed by atoms with van der Waals surface area (Å²) in [6.45, 7) is 7.59. The van der Waals surface area contributed by atoms with E-state index in [1.165, 1.54) is 0 Å². The van der Waals surface area contributed by atoms with E-state index in [2.05, 4.69) is 26.1 Å². The first-order valence-corrected chi connectivity index (χ1v) is 8.50. The molecule has 0 heterocycles. The summed E-state index contributed by atoms with van der Waals surface area (Å²) in [4.78, 5) is 23.7. The molecule has 138 valence electrons.